The lowest BCUT2D eigenvalue weighted by Crippen LogP contribution is -2.11. The summed E-state index contributed by atoms with van der Waals surface area (Å²) in [6.07, 6.45) is 0. The van der Waals surface area contributed by atoms with Crippen LogP contribution in [0.1, 0.15) is 5.69 Å². The Morgan fingerprint density at radius 3 is 2.92 bits per heavy atom. The summed E-state index contributed by atoms with van der Waals surface area (Å²) in [7, 11) is 0. The van der Waals surface area contributed by atoms with Crippen molar-refractivity contribution in [3.63, 3.8) is 0 Å². The molecule has 2 rings (SSSR count). The summed E-state index contributed by atoms with van der Waals surface area (Å²) < 4.78 is 4.94. The first-order valence-electron chi connectivity index (χ1n) is 3.48. The van der Waals surface area contributed by atoms with E-state index >= 15 is 0 Å². The normalized spacial score (nSPS) is 10.3. The van der Waals surface area contributed by atoms with Crippen molar-refractivity contribution in [2.75, 3.05) is 0 Å². The average molecular weight is 161 g/mol. The van der Waals surface area contributed by atoms with Crippen molar-refractivity contribution in [1.82, 2.24) is 5.16 Å². The molecule has 3 N–H and O–H groups in total. The molecule has 1 aromatic heterocycles. The summed E-state index contributed by atoms with van der Waals surface area (Å²) in [6, 6.07) is 7.31. The van der Waals surface area contributed by atoms with Crippen molar-refractivity contribution in [2.45, 2.75) is 0 Å². The van der Waals surface area contributed by atoms with Crippen molar-refractivity contribution in [3.8, 4) is 0 Å². The Bertz CT molecular complexity index is 433. The molecule has 0 aliphatic heterocycles. The number of hydrogen-bond acceptors (Lipinski definition) is 3. The van der Waals surface area contributed by atoms with Gasteiger partial charge in [0.05, 0.1) is 5.39 Å². The molecule has 1 heterocycles. The zero-order chi connectivity index (χ0) is 8.55. The molecule has 0 atom stereocenters. The van der Waals surface area contributed by atoms with Gasteiger partial charge >= 0.3 is 0 Å². The van der Waals surface area contributed by atoms with E-state index in [-0.39, 0.29) is 5.84 Å². The van der Waals surface area contributed by atoms with Gasteiger partial charge in [-0.15, -0.1) is 0 Å². The molecule has 1 aromatic carbocycles. The molecule has 4 heteroatoms. The van der Waals surface area contributed by atoms with Gasteiger partial charge in [-0.3, -0.25) is 5.41 Å². The van der Waals surface area contributed by atoms with Crippen LogP contribution in [0.5, 0.6) is 0 Å². The Kier molecular flexibility index (Phi) is 1.33. The first kappa shape index (κ1) is 6.84. The minimum absolute atomic E-state index is 0.0695. The van der Waals surface area contributed by atoms with E-state index in [1.54, 1.807) is 6.07 Å². The highest BCUT2D eigenvalue weighted by Crippen LogP contribution is 2.16. The van der Waals surface area contributed by atoms with Crippen molar-refractivity contribution in [2.24, 2.45) is 5.73 Å². The number of benzene rings is 1. The monoisotopic (exact) mass is 161 g/mol. The first-order valence-corrected chi connectivity index (χ1v) is 3.48. The van der Waals surface area contributed by atoms with Gasteiger partial charge in [0.2, 0.25) is 0 Å². The zero-order valence-corrected chi connectivity index (χ0v) is 6.24. The van der Waals surface area contributed by atoms with E-state index in [1.807, 2.05) is 18.2 Å². The van der Waals surface area contributed by atoms with Crippen LogP contribution in [0.25, 0.3) is 11.0 Å². The minimum atomic E-state index is -0.0695. The maximum Gasteiger partial charge on any atom is 0.167 e. The molecule has 0 aliphatic rings. The van der Waals surface area contributed by atoms with Crippen LogP contribution in [0, 0.1) is 5.41 Å². The topological polar surface area (TPSA) is 75.9 Å². The number of hydrogen-bond donors (Lipinski definition) is 2. The zero-order valence-electron chi connectivity index (χ0n) is 6.24. The number of nitrogens with one attached hydrogen (secondary N) is 1. The predicted molar refractivity (Wildman–Crippen MR) is 45.0 cm³/mol. The van der Waals surface area contributed by atoms with Gasteiger partial charge in [0.1, 0.15) is 5.84 Å². The van der Waals surface area contributed by atoms with E-state index in [2.05, 4.69) is 5.16 Å². The Labute approximate surface area is 68.5 Å². The highest BCUT2D eigenvalue weighted by atomic mass is 16.5. The van der Waals surface area contributed by atoms with E-state index < -0.39 is 0 Å². The van der Waals surface area contributed by atoms with Crippen LogP contribution < -0.4 is 5.73 Å². The SMILES string of the molecule is N=C(N)c1noc2ccccc12. The first-order chi connectivity index (χ1) is 5.79. The molecule has 4 nitrogen and oxygen atoms in total. The molecule has 12 heavy (non-hydrogen) atoms. The molecule has 0 unspecified atom stereocenters. The number of rotatable bonds is 1. The van der Waals surface area contributed by atoms with Crippen molar-refractivity contribution >= 4 is 16.8 Å². The van der Waals surface area contributed by atoms with Crippen LogP contribution in [-0.4, -0.2) is 11.0 Å². The Morgan fingerprint density at radius 2 is 2.17 bits per heavy atom. The van der Waals surface area contributed by atoms with Gasteiger partial charge in [0, 0.05) is 0 Å². The number of fused-ring (bicyclic) bond motifs is 1. The molecule has 0 radical (unpaired) electrons. The second-order valence-corrected chi connectivity index (χ2v) is 2.44. The third-order valence-corrected chi connectivity index (χ3v) is 1.63. The molecule has 0 bridgehead atoms. The fourth-order valence-corrected chi connectivity index (χ4v) is 1.08. The second kappa shape index (κ2) is 2.34. The second-order valence-electron chi connectivity index (χ2n) is 2.44. The lowest BCUT2D eigenvalue weighted by Gasteiger charge is -1.88. The Balaban J connectivity index is 2.79. The highest BCUT2D eigenvalue weighted by molar-refractivity contribution is 6.04. The van der Waals surface area contributed by atoms with Gasteiger partial charge in [0.15, 0.2) is 11.3 Å². The van der Waals surface area contributed by atoms with Crippen LogP contribution in [0.3, 0.4) is 0 Å². The molecule has 0 fully saturated rings. The van der Waals surface area contributed by atoms with Crippen LogP contribution in [0.15, 0.2) is 28.8 Å². The van der Waals surface area contributed by atoms with Crippen molar-refractivity contribution < 1.29 is 4.52 Å². The largest absolute Gasteiger partial charge is 0.382 e. The number of nitrogens with two attached hydrogens (primary N) is 1. The number of para-hydroxylation sites is 1. The lowest BCUT2D eigenvalue weighted by molar-refractivity contribution is 0.454. The van der Waals surface area contributed by atoms with Gasteiger partial charge in [-0.1, -0.05) is 17.3 Å². The Hall–Kier alpha value is -1.84. The summed E-state index contributed by atoms with van der Waals surface area (Å²) in [6.45, 7) is 0. The van der Waals surface area contributed by atoms with Gasteiger partial charge in [-0.25, -0.2) is 0 Å². The van der Waals surface area contributed by atoms with Crippen LogP contribution in [0.4, 0.5) is 0 Å². The number of amidine groups is 1. The van der Waals surface area contributed by atoms with Crippen molar-refractivity contribution in [1.29, 1.82) is 5.41 Å². The third-order valence-electron chi connectivity index (χ3n) is 1.63. The van der Waals surface area contributed by atoms with Crippen LogP contribution in [-0.2, 0) is 0 Å². The number of nitrogen functional groups attached to an aromatic ring is 1. The molecular weight excluding hydrogens is 154 g/mol. The fourth-order valence-electron chi connectivity index (χ4n) is 1.08. The number of aromatic nitrogens is 1. The third kappa shape index (κ3) is 0.852. The van der Waals surface area contributed by atoms with E-state index in [0.717, 1.165) is 5.39 Å². The highest BCUT2D eigenvalue weighted by Gasteiger charge is 2.08. The maximum atomic E-state index is 7.19. The van der Waals surface area contributed by atoms with E-state index in [9.17, 15) is 0 Å². The fraction of sp³-hybridized carbons (Fsp3) is 0. The summed E-state index contributed by atoms with van der Waals surface area (Å²) in [5, 5.41) is 11.6. The standard InChI is InChI=1S/C8H7N3O/c9-8(10)7-5-3-1-2-4-6(5)12-11-7/h1-4H,(H3,9,10). The molecule has 0 amide bonds. The number of nitrogens with zero attached hydrogens (tertiary/aromatic N) is 1. The molecule has 0 saturated heterocycles. The maximum absolute atomic E-state index is 7.19. The van der Waals surface area contributed by atoms with E-state index in [4.69, 9.17) is 15.7 Å². The van der Waals surface area contributed by atoms with Crippen LogP contribution in [0.2, 0.25) is 0 Å². The Morgan fingerprint density at radius 1 is 1.42 bits per heavy atom. The summed E-state index contributed by atoms with van der Waals surface area (Å²) in [4.78, 5) is 0. The average Bonchev–Trinajstić information content (AvgIpc) is 2.47. The summed E-state index contributed by atoms with van der Waals surface area (Å²) >= 11 is 0. The van der Waals surface area contributed by atoms with E-state index in [0.29, 0.717) is 11.3 Å². The molecular formula is C8H7N3O. The molecule has 0 spiro atoms. The van der Waals surface area contributed by atoms with Gasteiger partial charge in [-0.2, -0.15) is 0 Å². The van der Waals surface area contributed by atoms with Gasteiger partial charge < -0.3 is 10.3 Å². The lowest BCUT2D eigenvalue weighted by atomic mass is 10.2. The molecule has 0 saturated carbocycles. The summed E-state index contributed by atoms with van der Waals surface area (Å²) in [5.41, 5.74) is 6.35. The van der Waals surface area contributed by atoms with Gasteiger partial charge in [-0.05, 0) is 12.1 Å². The van der Waals surface area contributed by atoms with E-state index in [1.165, 1.54) is 0 Å². The smallest absolute Gasteiger partial charge is 0.167 e. The minimum Gasteiger partial charge on any atom is -0.382 e. The molecule has 0 aliphatic carbocycles. The van der Waals surface area contributed by atoms with Crippen LogP contribution >= 0.6 is 0 Å². The molecule has 2 aromatic rings. The summed E-state index contributed by atoms with van der Waals surface area (Å²) in [5.74, 6) is -0.0695. The van der Waals surface area contributed by atoms with Gasteiger partial charge in [0.25, 0.3) is 0 Å². The molecule has 60 valence electrons. The quantitative estimate of drug-likeness (QED) is 0.486. The van der Waals surface area contributed by atoms with Crippen molar-refractivity contribution in [3.05, 3.63) is 30.0 Å². The predicted octanol–water partition coefficient (Wildman–Crippen LogP) is 1.11.